The first-order valence-corrected chi connectivity index (χ1v) is 10.2. The number of aromatic nitrogens is 2. The lowest BCUT2D eigenvalue weighted by atomic mass is 10.2. The fraction of sp³-hybridized carbons (Fsp3) is 0.217. The second kappa shape index (κ2) is 9.21. The Morgan fingerprint density at radius 1 is 1.12 bits per heavy atom. The van der Waals surface area contributed by atoms with Crippen molar-refractivity contribution in [1.29, 1.82) is 0 Å². The average Bonchev–Trinajstić information content (AvgIpc) is 2.81. The molecule has 2 aromatic carbocycles. The molecule has 2 heterocycles. The maximum Gasteiger partial charge on any atom is 0.267 e. The first kappa shape index (κ1) is 22.2. The molecule has 0 spiro atoms. The van der Waals surface area contributed by atoms with Gasteiger partial charge in [-0.3, -0.25) is 9.59 Å². The molecule has 0 saturated carbocycles. The number of hydrogen-bond donors (Lipinski definition) is 2. The molecule has 33 heavy (non-hydrogen) atoms. The maximum atomic E-state index is 13.3. The number of carbonyl (C=O) groups excluding carboxylic acids is 2. The summed E-state index contributed by atoms with van der Waals surface area (Å²) in [5, 5.41) is 0. The number of anilines is 1. The number of morpholine rings is 1. The van der Waals surface area contributed by atoms with Gasteiger partial charge in [0.05, 0.1) is 13.2 Å². The highest BCUT2D eigenvalue weighted by molar-refractivity contribution is 5.92. The van der Waals surface area contributed by atoms with Crippen LogP contribution in [0.1, 0.15) is 16.1 Å². The number of amides is 2. The van der Waals surface area contributed by atoms with Crippen LogP contribution in [-0.4, -0.2) is 47.6 Å². The minimum Gasteiger partial charge on any atom is -0.457 e. The number of halogens is 1. The molecule has 0 radical (unpaired) electrons. The van der Waals surface area contributed by atoms with Gasteiger partial charge >= 0.3 is 0 Å². The third kappa shape index (κ3) is 5.07. The van der Waals surface area contributed by atoms with Crippen molar-refractivity contribution in [3.63, 3.8) is 0 Å². The maximum absolute atomic E-state index is 13.3. The van der Waals surface area contributed by atoms with E-state index in [-0.39, 0.29) is 30.5 Å². The van der Waals surface area contributed by atoms with Gasteiger partial charge in [-0.2, -0.15) is 0 Å². The zero-order valence-corrected chi connectivity index (χ0v) is 17.8. The second-order valence-electron chi connectivity index (χ2n) is 7.54. The Hall–Kier alpha value is -4.05. The molecule has 2 amide bonds. The topological polar surface area (TPSA) is 134 Å². The summed E-state index contributed by atoms with van der Waals surface area (Å²) in [5.74, 6) is 0.188. The summed E-state index contributed by atoms with van der Waals surface area (Å²) in [6.45, 7) is 2.70. The highest BCUT2D eigenvalue weighted by atomic mass is 19.1. The lowest BCUT2D eigenvalue weighted by Crippen LogP contribution is -2.48. The Balaban J connectivity index is 1.61. The normalized spacial score (nSPS) is 15.8. The molecule has 3 aromatic rings. The standard InChI is InChI=1S/C23H22FN5O4/c1-13-10-15(24)4-7-18(13)33-16-5-2-14(3-6-16)23-27-17(21(25)30)11-20(28-23)29-8-9-32-19(12-29)22(26)31/h2-7,10-11,19H,8-9,12H2,1H3,(H2,25,30)(H2,26,31). The largest absolute Gasteiger partial charge is 0.457 e. The van der Waals surface area contributed by atoms with Crippen LogP contribution < -0.4 is 21.1 Å². The first-order valence-electron chi connectivity index (χ1n) is 10.2. The first-order chi connectivity index (χ1) is 15.8. The average molecular weight is 451 g/mol. The summed E-state index contributed by atoms with van der Waals surface area (Å²) in [7, 11) is 0. The lowest BCUT2D eigenvalue weighted by molar-refractivity contribution is -0.130. The van der Waals surface area contributed by atoms with E-state index in [1.807, 2.05) is 0 Å². The predicted octanol–water partition coefficient (Wildman–Crippen LogP) is 2.17. The van der Waals surface area contributed by atoms with Gasteiger partial charge in [-0.15, -0.1) is 0 Å². The van der Waals surface area contributed by atoms with E-state index < -0.39 is 17.9 Å². The van der Waals surface area contributed by atoms with Crippen LogP contribution >= 0.6 is 0 Å². The van der Waals surface area contributed by atoms with Gasteiger partial charge in [-0.25, -0.2) is 14.4 Å². The molecule has 170 valence electrons. The van der Waals surface area contributed by atoms with Crippen LogP contribution in [0.3, 0.4) is 0 Å². The van der Waals surface area contributed by atoms with Crippen molar-refractivity contribution in [2.75, 3.05) is 24.6 Å². The summed E-state index contributed by atoms with van der Waals surface area (Å²) < 4.78 is 24.5. The molecule has 1 atom stereocenters. The number of ether oxygens (including phenoxy) is 2. The van der Waals surface area contributed by atoms with Gasteiger partial charge in [0.25, 0.3) is 5.91 Å². The monoisotopic (exact) mass is 451 g/mol. The Morgan fingerprint density at radius 3 is 2.55 bits per heavy atom. The Morgan fingerprint density at radius 2 is 1.88 bits per heavy atom. The minimum atomic E-state index is -0.777. The van der Waals surface area contributed by atoms with Crippen molar-refractivity contribution >= 4 is 17.6 Å². The smallest absolute Gasteiger partial charge is 0.267 e. The number of benzene rings is 2. The lowest BCUT2D eigenvalue weighted by Gasteiger charge is -2.32. The molecule has 0 aliphatic carbocycles. The highest BCUT2D eigenvalue weighted by Gasteiger charge is 2.26. The van der Waals surface area contributed by atoms with Gasteiger partial charge in [-0.1, -0.05) is 0 Å². The SMILES string of the molecule is Cc1cc(F)ccc1Oc1ccc(-c2nc(C(N)=O)cc(N3CCOC(C(N)=O)C3)n2)cc1. The molecule has 0 bridgehead atoms. The van der Waals surface area contributed by atoms with E-state index >= 15 is 0 Å². The molecular weight excluding hydrogens is 429 g/mol. The Labute approximate surface area is 189 Å². The quantitative estimate of drug-likeness (QED) is 0.587. The van der Waals surface area contributed by atoms with E-state index in [4.69, 9.17) is 20.9 Å². The number of rotatable bonds is 6. The number of carbonyl (C=O) groups is 2. The van der Waals surface area contributed by atoms with Crippen molar-refractivity contribution in [1.82, 2.24) is 9.97 Å². The molecule has 4 rings (SSSR count). The summed E-state index contributed by atoms with van der Waals surface area (Å²) >= 11 is 0. The van der Waals surface area contributed by atoms with Gasteiger partial charge in [-0.05, 0) is 55.0 Å². The van der Waals surface area contributed by atoms with Crippen LogP contribution in [0.4, 0.5) is 10.2 Å². The fourth-order valence-electron chi connectivity index (χ4n) is 3.41. The molecule has 1 unspecified atom stereocenters. The van der Waals surface area contributed by atoms with E-state index in [0.29, 0.717) is 35.0 Å². The van der Waals surface area contributed by atoms with Gasteiger partial charge in [0.1, 0.15) is 28.8 Å². The molecular formula is C23H22FN5O4. The number of aryl methyl sites for hydroxylation is 1. The van der Waals surface area contributed by atoms with E-state index in [0.717, 1.165) is 0 Å². The molecule has 10 heteroatoms. The number of nitrogens with zero attached hydrogens (tertiary/aromatic N) is 3. The summed E-state index contributed by atoms with van der Waals surface area (Å²) in [6, 6.07) is 12.7. The molecule has 4 N–H and O–H groups in total. The number of hydrogen-bond acceptors (Lipinski definition) is 7. The zero-order valence-electron chi connectivity index (χ0n) is 17.8. The summed E-state index contributed by atoms with van der Waals surface area (Å²) in [5.41, 5.74) is 12.2. The molecule has 1 aromatic heterocycles. The van der Waals surface area contributed by atoms with Crippen LogP contribution in [0.5, 0.6) is 11.5 Å². The van der Waals surface area contributed by atoms with E-state index in [1.165, 1.54) is 18.2 Å². The van der Waals surface area contributed by atoms with Gasteiger partial charge in [0, 0.05) is 18.2 Å². The van der Waals surface area contributed by atoms with Crippen LogP contribution in [0.2, 0.25) is 0 Å². The van der Waals surface area contributed by atoms with Crippen molar-refractivity contribution in [2.24, 2.45) is 11.5 Å². The van der Waals surface area contributed by atoms with Gasteiger partial charge < -0.3 is 25.8 Å². The van der Waals surface area contributed by atoms with E-state index in [9.17, 15) is 14.0 Å². The second-order valence-corrected chi connectivity index (χ2v) is 7.54. The summed E-state index contributed by atoms with van der Waals surface area (Å²) in [6.07, 6.45) is -0.777. The van der Waals surface area contributed by atoms with E-state index in [1.54, 1.807) is 42.2 Å². The third-order valence-corrected chi connectivity index (χ3v) is 5.15. The van der Waals surface area contributed by atoms with E-state index in [2.05, 4.69) is 9.97 Å². The number of nitrogens with two attached hydrogens (primary N) is 2. The molecule has 1 fully saturated rings. The highest BCUT2D eigenvalue weighted by Crippen LogP contribution is 2.28. The van der Waals surface area contributed by atoms with Crippen molar-refractivity contribution in [2.45, 2.75) is 13.0 Å². The van der Waals surface area contributed by atoms with Gasteiger partial charge in [0.15, 0.2) is 11.9 Å². The van der Waals surface area contributed by atoms with Crippen molar-refractivity contribution < 1.29 is 23.5 Å². The summed E-state index contributed by atoms with van der Waals surface area (Å²) in [4.78, 5) is 34.0. The Kier molecular flexibility index (Phi) is 6.18. The minimum absolute atomic E-state index is 0.0411. The van der Waals surface area contributed by atoms with Crippen LogP contribution in [-0.2, 0) is 9.53 Å². The van der Waals surface area contributed by atoms with Crippen LogP contribution in [0.25, 0.3) is 11.4 Å². The van der Waals surface area contributed by atoms with Crippen LogP contribution in [0.15, 0.2) is 48.5 Å². The fourth-order valence-corrected chi connectivity index (χ4v) is 3.41. The molecule has 9 nitrogen and oxygen atoms in total. The van der Waals surface area contributed by atoms with Crippen molar-refractivity contribution in [3.8, 4) is 22.9 Å². The predicted molar refractivity (Wildman–Crippen MR) is 118 cm³/mol. The van der Waals surface area contributed by atoms with Crippen molar-refractivity contribution in [3.05, 3.63) is 65.6 Å². The number of primary amides is 2. The third-order valence-electron chi connectivity index (χ3n) is 5.15. The molecule has 1 aliphatic rings. The molecule has 1 saturated heterocycles. The van der Waals surface area contributed by atoms with Crippen LogP contribution in [0, 0.1) is 12.7 Å². The molecule has 1 aliphatic heterocycles. The zero-order chi connectivity index (χ0) is 23.5. The Bertz CT molecular complexity index is 1200. The van der Waals surface area contributed by atoms with Gasteiger partial charge in [0.2, 0.25) is 5.91 Å².